The molecule has 1 rings (SSSR count). The lowest BCUT2D eigenvalue weighted by molar-refractivity contribution is -0.120. The van der Waals surface area contributed by atoms with Crippen molar-refractivity contribution in [3.63, 3.8) is 0 Å². The van der Waals surface area contributed by atoms with Crippen LogP contribution in [-0.2, 0) is 11.3 Å². The van der Waals surface area contributed by atoms with Crippen LogP contribution in [0.15, 0.2) is 18.2 Å². The molecule has 5 heteroatoms. The molecule has 1 aromatic rings. The topological polar surface area (TPSA) is 47.6 Å². The highest BCUT2D eigenvalue weighted by molar-refractivity contribution is 6.18. The van der Waals surface area contributed by atoms with E-state index in [1.165, 1.54) is 0 Å². The number of benzene rings is 1. The summed E-state index contributed by atoms with van der Waals surface area (Å²) in [5, 5.41) is 2.81. The van der Waals surface area contributed by atoms with Crippen molar-refractivity contribution in [2.24, 2.45) is 0 Å². The Kier molecular flexibility index (Phi) is 7.11. The number of para-hydroxylation sites is 1. The third kappa shape index (κ3) is 4.99. The minimum Gasteiger partial charge on any atom is -0.493 e. The Labute approximate surface area is 119 Å². The second-order valence-corrected chi connectivity index (χ2v) is 4.39. The van der Waals surface area contributed by atoms with Gasteiger partial charge in [-0.05, 0) is 12.5 Å². The summed E-state index contributed by atoms with van der Waals surface area (Å²) in [7, 11) is 1.60. The lowest BCUT2D eigenvalue weighted by Crippen LogP contribution is -2.23. The highest BCUT2D eigenvalue weighted by atomic mass is 35.5. The van der Waals surface area contributed by atoms with E-state index in [-0.39, 0.29) is 5.91 Å². The highest BCUT2D eigenvalue weighted by Gasteiger charge is 2.11. The third-order valence-corrected chi connectivity index (χ3v) is 2.72. The number of amides is 1. The van der Waals surface area contributed by atoms with Gasteiger partial charge in [0.2, 0.25) is 5.91 Å². The summed E-state index contributed by atoms with van der Waals surface area (Å²) in [6, 6.07) is 5.63. The number of hydrogen-bond donors (Lipinski definition) is 1. The summed E-state index contributed by atoms with van der Waals surface area (Å²) in [4.78, 5) is 11.4. The van der Waals surface area contributed by atoms with Gasteiger partial charge in [-0.2, -0.15) is 0 Å². The number of alkyl halides is 1. The molecule has 0 aliphatic heterocycles. The van der Waals surface area contributed by atoms with Crippen molar-refractivity contribution in [2.45, 2.75) is 26.3 Å². The molecule has 1 N–H and O–H groups in total. The average molecular weight is 286 g/mol. The fraction of sp³-hybridized carbons (Fsp3) is 0.500. The zero-order valence-electron chi connectivity index (χ0n) is 11.4. The molecule has 4 nitrogen and oxygen atoms in total. The molecule has 0 radical (unpaired) electrons. The van der Waals surface area contributed by atoms with Gasteiger partial charge in [0, 0.05) is 24.4 Å². The van der Waals surface area contributed by atoms with Gasteiger partial charge in [-0.3, -0.25) is 4.79 Å². The van der Waals surface area contributed by atoms with Crippen molar-refractivity contribution in [1.82, 2.24) is 5.32 Å². The number of ether oxygens (including phenoxy) is 2. The lowest BCUT2D eigenvalue weighted by Gasteiger charge is -2.15. The summed E-state index contributed by atoms with van der Waals surface area (Å²) < 4.78 is 11.0. The highest BCUT2D eigenvalue weighted by Crippen LogP contribution is 2.31. The van der Waals surface area contributed by atoms with Gasteiger partial charge < -0.3 is 14.8 Å². The van der Waals surface area contributed by atoms with Crippen LogP contribution in [0.2, 0.25) is 0 Å². The van der Waals surface area contributed by atoms with Gasteiger partial charge in [0.1, 0.15) is 0 Å². The Balaban J connectivity index is 2.77. The van der Waals surface area contributed by atoms with Crippen LogP contribution in [-0.4, -0.2) is 25.5 Å². The molecule has 0 heterocycles. The Bertz CT molecular complexity index is 410. The molecular formula is C14H20ClNO3. The van der Waals surface area contributed by atoms with Gasteiger partial charge in [-0.1, -0.05) is 19.1 Å². The molecule has 0 saturated heterocycles. The summed E-state index contributed by atoms with van der Waals surface area (Å²) >= 11 is 5.52. The number of rotatable bonds is 8. The van der Waals surface area contributed by atoms with Crippen LogP contribution in [0.4, 0.5) is 0 Å². The van der Waals surface area contributed by atoms with E-state index in [0.29, 0.717) is 37.0 Å². The quantitative estimate of drug-likeness (QED) is 0.747. The van der Waals surface area contributed by atoms with Crippen molar-refractivity contribution in [3.05, 3.63) is 23.8 Å². The average Bonchev–Trinajstić information content (AvgIpc) is 2.43. The summed E-state index contributed by atoms with van der Waals surface area (Å²) in [6.45, 7) is 3.06. The number of carbonyl (C=O) groups is 1. The maximum Gasteiger partial charge on any atom is 0.221 e. The van der Waals surface area contributed by atoms with Crippen molar-refractivity contribution in [2.75, 3.05) is 19.6 Å². The van der Waals surface area contributed by atoms with Crippen molar-refractivity contribution >= 4 is 17.5 Å². The second kappa shape index (κ2) is 8.64. The Morgan fingerprint density at radius 1 is 1.42 bits per heavy atom. The number of hydrogen-bond acceptors (Lipinski definition) is 3. The predicted molar refractivity (Wildman–Crippen MR) is 76.0 cm³/mol. The molecule has 19 heavy (non-hydrogen) atoms. The first-order valence-electron chi connectivity index (χ1n) is 6.34. The van der Waals surface area contributed by atoms with Crippen LogP contribution in [0.5, 0.6) is 11.5 Å². The predicted octanol–water partition coefficient (Wildman–Crippen LogP) is 2.73. The normalized spacial score (nSPS) is 10.1. The minimum atomic E-state index is -0.0701. The van der Waals surface area contributed by atoms with E-state index in [2.05, 4.69) is 5.32 Å². The van der Waals surface area contributed by atoms with E-state index in [1.54, 1.807) is 7.11 Å². The van der Waals surface area contributed by atoms with Crippen LogP contribution in [0.1, 0.15) is 25.3 Å². The van der Waals surface area contributed by atoms with Crippen molar-refractivity contribution in [1.29, 1.82) is 0 Å². The third-order valence-electron chi connectivity index (χ3n) is 2.53. The van der Waals surface area contributed by atoms with E-state index in [1.807, 2.05) is 25.1 Å². The van der Waals surface area contributed by atoms with Gasteiger partial charge in [0.15, 0.2) is 11.5 Å². The SMILES string of the molecule is CCCOc1c(CNC(=O)CCCl)cccc1OC. The van der Waals surface area contributed by atoms with Crippen LogP contribution >= 0.6 is 11.6 Å². The number of halogens is 1. The lowest BCUT2D eigenvalue weighted by atomic mass is 10.2. The van der Waals surface area contributed by atoms with Crippen LogP contribution < -0.4 is 14.8 Å². The van der Waals surface area contributed by atoms with Gasteiger partial charge in [-0.15, -0.1) is 11.6 Å². The monoisotopic (exact) mass is 285 g/mol. The molecular weight excluding hydrogens is 266 g/mol. The van der Waals surface area contributed by atoms with Gasteiger partial charge >= 0.3 is 0 Å². The first kappa shape index (κ1) is 15.6. The van der Waals surface area contributed by atoms with E-state index in [9.17, 15) is 4.79 Å². The molecule has 106 valence electrons. The molecule has 0 spiro atoms. The molecule has 0 unspecified atom stereocenters. The standard InChI is InChI=1S/C14H20ClNO3/c1-3-9-19-14-11(5-4-6-12(14)18-2)10-16-13(17)7-8-15/h4-6H,3,7-10H2,1-2H3,(H,16,17). The van der Waals surface area contributed by atoms with Crippen molar-refractivity contribution in [3.8, 4) is 11.5 Å². The summed E-state index contributed by atoms with van der Waals surface area (Å²) in [5.41, 5.74) is 0.899. The molecule has 1 amide bonds. The molecule has 0 aromatic heterocycles. The number of carbonyl (C=O) groups excluding carboxylic acids is 1. The van der Waals surface area contributed by atoms with E-state index < -0.39 is 0 Å². The number of nitrogens with one attached hydrogen (secondary N) is 1. The molecule has 0 aliphatic carbocycles. The second-order valence-electron chi connectivity index (χ2n) is 4.01. The van der Waals surface area contributed by atoms with Crippen LogP contribution in [0.3, 0.4) is 0 Å². The maximum atomic E-state index is 11.4. The Morgan fingerprint density at radius 2 is 2.21 bits per heavy atom. The maximum absolute atomic E-state index is 11.4. The molecule has 0 fully saturated rings. The molecule has 0 aliphatic rings. The number of methoxy groups -OCH3 is 1. The van der Waals surface area contributed by atoms with Crippen LogP contribution in [0, 0.1) is 0 Å². The van der Waals surface area contributed by atoms with E-state index in [4.69, 9.17) is 21.1 Å². The van der Waals surface area contributed by atoms with E-state index in [0.717, 1.165) is 12.0 Å². The summed E-state index contributed by atoms with van der Waals surface area (Å²) in [5.74, 6) is 1.62. The molecule has 1 aromatic carbocycles. The van der Waals surface area contributed by atoms with Gasteiger partial charge in [0.25, 0.3) is 0 Å². The zero-order chi connectivity index (χ0) is 14.1. The Hall–Kier alpha value is -1.42. The molecule has 0 atom stereocenters. The van der Waals surface area contributed by atoms with Crippen molar-refractivity contribution < 1.29 is 14.3 Å². The Morgan fingerprint density at radius 3 is 2.84 bits per heavy atom. The summed E-state index contributed by atoms with van der Waals surface area (Å²) in [6.07, 6.45) is 1.23. The fourth-order valence-electron chi connectivity index (χ4n) is 1.60. The largest absolute Gasteiger partial charge is 0.493 e. The fourth-order valence-corrected chi connectivity index (χ4v) is 1.77. The first-order valence-corrected chi connectivity index (χ1v) is 6.87. The first-order chi connectivity index (χ1) is 9.22. The van der Waals surface area contributed by atoms with Gasteiger partial charge in [-0.25, -0.2) is 0 Å². The smallest absolute Gasteiger partial charge is 0.221 e. The van der Waals surface area contributed by atoms with E-state index >= 15 is 0 Å². The molecule has 0 bridgehead atoms. The molecule has 0 saturated carbocycles. The minimum absolute atomic E-state index is 0.0701. The van der Waals surface area contributed by atoms with Crippen LogP contribution in [0.25, 0.3) is 0 Å². The van der Waals surface area contributed by atoms with Gasteiger partial charge in [0.05, 0.1) is 13.7 Å². The zero-order valence-corrected chi connectivity index (χ0v) is 12.1.